The predicted octanol–water partition coefficient (Wildman–Crippen LogP) is 5.66. The molecule has 1 heteroatoms. The molecule has 0 saturated carbocycles. The molecule has 160 valence electrons. The van der Waals surface area contributed by atoms with Gasteiger partial charge in [0.05, 0.1) is 0 Å². The van der Waals surface area contributed by atoms with Gasteiger partial charge in [-0.05, 0) is 66.4 Å². The Kier molecular flexibility index (Phi) is 4.18. The second kappa shape index (κ2) is 7.28. The lowest BCUT2D eigenvalue weighted by molar-refractivity contribution is 1.51. The van der Waals surface area contributed by atoms with Crippen molar-refractivity contribution in [2.75, 3.05) is 0 Å². The van der Waals surface area contributed by atoms with Crippen LogP contribution >= 0.6 is 0 Å². The standard InChI is InChI=1S/C33H24Si/c1-23-16-17-24-18-19-29-31-21-25-10-8-9-11-26(25)22-32(31)34(33(29)30(24)20-23,27-12-4-2-5-13-27)28-14-6-3-7-15-28/h2-22H,1H3. The van der Waals surface area contributed by atoms with E-state index >= 15 is 0 Å². The molecule has 0 spiro atoms. The summed E-state index contributed by atoms with van der Waals surface area (Å²) < 4.78 is 0. The maximum absolute atomic E-state index is 2.53. The third kappa shape index (κ3) is 2.59. The van der Waals surface area contributed by atoms with Crippen molar-refractivity contribution in [2.24, 2.45) is 0 Å². The molecule has 0 nitrogen and oxygen atoms in total. The zero-order chi connectivity index (χ0) is 22.7. The molecule has 0 unspecified atom stereocenters. The van der Waals surface area contributed by atoms with Gasteiger partial charge in [-0.25, -0.2) is 0 Å². The van der Waals surface area contributed by atoms with E-state index in [0.717, 1.165) is 0 Å². The summed E-state index contributed by atoms with van der Waals surface area (Å²) in [6, 6.07) is 47.9. The fraction of sp³-hybridized carbons (Fsp3) is 0.0303. The van der Waals surface area contributed by atoms with Gasteiger partial charge in [0.15, 0.2) is 8.07 Å². The molecular weight excluding hydrogens is 424 g/mol. The Morgan fingerprint density at radius 3 is 1.74 bits per heavy atom. The Balaban J connectivity index is 1.76. The summed E-state index contributed by atoms with van der Waals surface area (Å²) >= 11 is 0. The summed E-state index contributed by atoms with van der Waals surface area (Å²) in [6.45, 7) is 2.21. The van der Waals surface area contributed by atoms with Crippen LogP contribution in [-0.4, -0.2) is 8.07 Å². The van der Waals surface area contributed by atoms with Crippen molar-refractivity contribution in [3.63, 3.8) is 0 Å². The molecule has 34 heavy (non-hydrogen) atoms. The molecule has 1 aliphatic rings. The van der Waals surface area contributed by atoms with Crippen LogP contribution in [0.1, 0.15) is 5.56 Å². The van der Waals surface area contributed by atoms with E-state index in [4.69, 9.17) is 0 Å². The van der Waals surface area contributed by atoms with Gasteiger partial charge < -0.3 is 0 Å². The fourth-order valence-corrected chi connectivity index (χ4v) is 11.5. The minimum Gasteiger partial charge on any atom is -0.0623 e. The lowest BCUT2D eigenvalue weighted by Gasteiger charge is -2.32. The average Bonchev–Trinajstić information content (AvgIpc) is 3.19. The Morgan fingerprint density at radius 2 is 1.06 bits per heavy atom. The molecule has 1 heterocycles. The number of benzene rings is 6. The highest BCUT2D eigenvalue weighted by molar-refractivity contribution is 7.23. The molecule has 0 radical (unpaired) electrons. The Labute approximate surface area is 201 Å². The van der Waals surface area contributed by atoms with Crippen LogP contribution in [0.2, 0.25) is 0 Å². The van der Waals surface area contributed by atoms with E-state index in [1.54, 1.807) is 0 Å². The van der Waals surface area contributed by atoms with Crippen LogP contribution in [0.5, 0.6) is 0 Å². The number of aryl methyl sites for hydroxylation is 1. The van der Waals surface area contributed by atoms with Crippen LogP contribution in [0, 0.1) is 6.92 Å². The van der Waals surface area contributed by atoms with Crippen molar-refractivity contribution < 1.29 is 0 Å². The van der Waals surface area contributed by atoms with E-state index in [1.165, 1.54) is 59.0 Å². The minimum absolute atomic E-state index is 1.31. The van der Waals surface area contributed by atoms with Gasteiger partial charge in [0.2, 0.25) is 0 Å². The van der Waals surface area contributed by atoms with Crippen LogP contribution < -0.4 is 20.7 Å². The Bertz CT molecular complexity index is 1660. The molecule has 0 amide bonds. The monoisotopic (exact) mass is 448 g/mol. The fourth-order valence-electron chi connectivity index (χ4n) is 6.11. The highest BCUT2D eigenvalue weighted by Gasteiger charge is 2.49. The van der Waals surface area contributed by atoms with Crippen LogP contribution in [0.25, 0.3) is 32.7 Å². The molecule has 6 aromatic rings. The second-order valence-electron chi connectivity index (χ2n) is 9.44. The molecule has 0 bridgehead atoms. The first-order chi connectivity index (χ1) is 16.8. The summed E-state index contributed by atoms with van der Waals surface area (Å²) in [7, 11) is -2.53. The number of hydrogen-bond donors (Lipinski definition) is 0. The molecule has 0 fully saturated rings. The van der Waals surface area contributed by atoms with E-state index in [-0.39, 0.29) is 0 Å². The Hall–Kier alpha value is -3.94. The molecule has 1 aliphatic heterocycles. The van der Waals surface area contributed by atoms with Gasteiger partial charge in [0, 0.05) is 0 Å². The molecule has 0 saturated heterocycles. The molecular formula is C33H24Si. The molecule has 0 aliphatic carbocycles. The van der Waals surface area contributed by atoms with Gasteiger partial charge in [-0.15, -0.1) is 0 Å². The average molecular weight is 449 g/mol. The molecule has 0 N–H and O–H groups in total. The maximum atomic E-state index is 2.50. The first kappa shape index (κ1) is 19.5. The van der Waals surface area contributed by atoms with E-state index in [9.17, 15) is 0 Å². The summed E-state index contributed by atoms with van der Waals surface area (Å²) in [5.74, 6) is 0. The van der Waals surface area contributed by atoms with Crippen molar-refractivity contribution in [1.82, 2.24) is 0 Å². The van der Waals surface area contributed by atoms with Gasteiger partial charge >= 0.3 is 0 Å². The molecule has 0 aromatic heterocycles. The first-order valence-electron chi connectivity index (χ1n) is 12.0. The summed E-state index contributed by atoms with van der Waals surface area (Å²) in [5.41, 5.74) is 4.11. The zero-order valence-corrected chi connectivity index (χ0v) is 20.1. The van der Waals surface area contributed by atoms with E-state index in [2.05, 4.69) is 134 Å². The van der Waals surface area contributed by atoms with Crippen LogP contribution in [-0.2, 0) is 0 Å². The van der Waals surface area contributed by atoms with Crippen LogP contribution in [0.15, 0.2) is 127 Å². The largest absolute Gasteiger partial charge is 0.181 e. The van der Waals surface area contributed by atoms with Gasteiger partial charge in [-0.3, -0.25) is 0 Å². The number of fused-ring (bicyclic) bond motifs is 6. The van der Waals surface area contributed by atoms with Crippen molar-refractivity contribution in [3.05, 3.63) is 133 Å². The van der Waals surface area contributed by atoms with E-state index < -0.39 is 8.07 Å². The number of hydrogen-bond acceptors (Lipinski definition) is 0. The quantitative estimate of drug-likeness (QED) is 0.299. The minimum atomic E-state index is -2.53. The van der Waals surface area contributed by atoms with Gasteiger partial charge in [-0.1, -0.05) is 127 Å². The van der Waals surface area contributed by atoms with Crippen molar-refractivity contribution in [2.45, 2.75) is 6.92 Å². The normalized spacial score (nSPS) is 13.7. The van der Waals surface area contributed by atoms with Gasteiger partial charge in [-0.2, -0.15) is 0 Å². The highest BCUT2D eigenvalue weighted by Crippen LogP contribution is 2.34. The van der Waals surface area contributed by atoms with Crippen LogP contribution in [0.4, 0.5) is 0 Å². The Morgan fingerprint density at radius 1 is 0.471 bits per heavy atom. The maximum Gasteiger partial charge on any atom is 0.181 e. The lowest BCUT2D eigenvalue weighted by atomic mass is 9.98. The molecule has 7 rings (SSSR count). The third-order valence-electron chi connectivity index (χ3n) is 7.55. The predicted molar refractivity (Wildman–Crippen MR) is 149 cm³/mol. The first-order valence-corrected chi connectivity index (χ1v) is 14.0. The highest BCUT2D eigenvalue weighted by atomic mass is 28.3. The van der Waals surface area contributed by atoms with Crippen molar-refractivity contribution in [3.8, 4) is 11.1 Å². The molecule has 6 aromatic carbocycles. The number of rotatable bonds is 2. The summed E-state index contributed by atoms with van der Waals surface area (Å²) in [5, 5.41) is 11.3. The van der Waals surface area contributed by atoms with E-state index in [1.807, 2.05) is 0 Å². The van der Waals surface area contributed by atoms with Crippen molar-refractivity contribution >= 4 is 50.4 Å². The second-order valence-corrected chi connectivity index (χ2v) is 13.1. The molecule has 0 atom stereocenters. The summed E-state index contributed by atoms with van der Waals surface area (Å²) in [6.07, 6.45) is 0. The van der Waals surface area contributed by atoms with E-state index in [0.29, 0.717) is 0 Å². The lowest BCUT2D eigenvalue weighted by Crippen LogP contribution is -2.73. The third-order valence-corrected chi connectivity index (χ3v) is 12.5. The smallest absolute Gasteiger partial charge is 0.0623 e. The van der Waals surface area contributed by atoms with Crippen molar-refractivity contribution in [1.29, 1.82) is 0 Å². The summed E-state index contributed by atoms with van der Waals surface area (Å²) in [4.78, 5) is 0. The van der Waals surface area contributed by atoms with Gasteiger partial charge in [0.25, 0.3) is 0 Å². The van der Waals surface area contributed by atoms with Crippen LogP contribution in [0.3, 0.4) is 0 Å². The SMILES string of the molecule is Cc1ccc2ccc3c(c2c1)[Si](c1ccccc1)(c1ccccc1)c1cc2ccccc2cc1-3. The topological polar surface area (TPSA) is 0 Å². The van der Waals surface area contributed by atoms with Gasteiger partial charge in [0.1, 0.15) is 0 Å². The zero-order valence-electron chi connectivity index (χ0n) is 19.1.